The molecule has 1 N–H and O–H groups in total. The second kappa shape index (κ2) is 7.79. The molecule has 0 radical (unpaired) electrons. The van der Waals surface area contributed by atoms with Crippen molar-refractivity contribution in [3.05, 3.63) is 0 Å². The van der Waals surface area contributed by atoms with Gasteiger partial charge in [0.2, 0.25) is 0 Å². The lowest BCUT2D eigenvalue weighted by molar-refractivity contribution is -0.188. The van der Waals surface area contributed by atoms with Crippen LogP contribution in [0.5, 0.6) is 0 Å². The van der Waals surface area contributed by atoms with Crippen molar-refractivity contribution in [3.63, 3.8) is 0 Å². The van der Waals surface area contributed by atoms with E-state index in [-0.39, 0.29) is 6.10 Å². The minimum absolute atomic E-state index is 0.248. The number of ether oxygens (including phenoxy) is 1. The number of likely N-dealkylation sites (N-methyl/N-ethyl adjacent to an activating group) is 1. The monoisotopic (exact) mass is 308 g/mol. The summed E-state index contributed by atoms with van der Waals surface area (Å²) in [7, 11) is 2.15. The summed E-state index contributed by atoms with van der Waals surface area (Å²) in [6.07, 6.45) is 2.73. The Kier molecular flexibility index (Phi) is 6.32. The first kappa shape index (κ1) is 17.0. The van der Waals surface area contributed by atoms with Crippen LogP contribution < -0.4 is 5.32 Å². The zero-order chi connectivity index (χ0) is 15.3. The SMILES string of the molecule is CN1CCCCC1CNC1CCCC(OCC(F)(F)F)C1. The van der Waals surface area contributed by atoms with Crippen molar-refractivity contribution in [1.29, 1.82) is 0 Å². The molecule has 6 heteroatoms. The number of nitrogens with one attached hydrogen (secondary N) is 1. The summed E-state index contributed by atoms with van der Waals surface area (Å²) >= 11 is 0. The van der Waals surface area contributed by atoms with Gasteiger partial charge in [0.15, 0.2) is 0 Å². The maximum atomic E-state index is 12.2. The summed E-state index contributed by atoms with van der Waals surface area (Å²) in [5, 5.41) is 3.55. The molecule has 3 nitrogen and oxygen atoms in total. The summed E-state index contributed by atoms with van der Waals surface area (Å²) in [6, 6.07) is 0.863. The van der Waals surface area contributed by atoms with E-state index in [2.05, 4.69) is 17.3 Å². The largest absolute Gasteiger partial charge is 0.411 e. The number of hydrogen-bond acceptors (Lipinski definition) is 3. The van der Waals surface area contributed by atoms with Gasteiger partial charge in [-0.3, -0.25) is 0 Å². The first-order valence-electron chi connectivity index (χ1n) is 8.06. The van der Waals surface area contributed by atoms with Gasteiger partial charge in [-0.1, -0.05) is 6.42 Å². The zero-order valence-electron chi connectivity index (χ0n) is 12.8. The van der Waals surface area contributed by atoms with Crippen LogP contribution in [0.2, 0.25) is 0 Å². The summed E-state index contributed by atoms with van der Waals surface area (Å²) in [5.74, 6) is 0. The average Bonchev–Trinajstić information content (AvgIpc) is 2.44. The molecule has 2 fully saturated rings. The van der Waals surface area contributed by atoms with Crippen LogP contribution in [0.3, 0.4) is 0 Å². The maximum Gasteiger partial charge on any atom is 0.411 e. The highest BCUT2D eigenvalue weighted by Gasteiger charge is 2.31. The Morgan fingerprint density at radius 3 is 2.67 bits per heavy atom. The quantitative estimate of drug-likeness (QED) is 0.845. The van der Waals surface area contributed by atoms with Gasteiger partial charge in [0, 0.05) is 18.6 Å². The van der Waals surface area contributed by atoms with Gasteiger partial charge >= 0.3 is 6.18 Å². The molecule has 3 unspecified atom stereocenters. The minimum atomic E-state index is -4.22. The maximum absolute atomic E-state index is 12.2. The fourth-order valence-electron chi connectivity index (χ4n) is 3.40. The smallest absolute Gasteiger partial charge is 0.369 e. The fourth-order valence-corrected chi connectivity index (χ4v) is 3.40. The number of likely N-dealkylation sites (tertiary alicyclic amines) is 1. The second-order valence-electron chi connectivity index (χ2n) is 6.45. The lowest BCUT2D eigenvalue weighted by Gasteiger charge is -2.35. The third-order valence-electron chi connectivity index (χ3n) is 4.67. The molecule has 1 saturated heterocycles. The average molecular weight is 308 g/mol. The molecule has 1 aliphatic heterocycles. The zero-order valence-corrected chi connectivity index (χ0v) is 12.8. The second-order valence-corrected chi connectivity index (χ2v) is 6.45. The Balaban J connectivity index is 1.68. The molecule has 0 amide bonds. The molecule has 0 aromatic rings. The number of piperidine rings is 1. The highest BCUT2D eigenvalue weighted by atomic mass is 19.4. The molecular formula is C15H27F3N2O. The topological polar surface area (TPSA) is 24.5 Å². The van der Waals surface area contributed by atoms with Crippen LogP contribution >= 0.6 is 0 Å². The van der Waals surface area contributed by atoms with Crippen LogP contribution in [0, 0.1) is 0 Å². The number of halogens is 3. The van der Waals surface area contributed by atoms with Crippen LogP contribution in [-0.4, -0.2) is 56.0 Å². The van der Waals surface area contributed by atoms with Gasteiger partial charge < -0.3 is 15.0 Å². The van der Waals surface area contributed by atoms with E-state index in [1.807, 2.05) is 0 Å². The van der Waals surface area contributed by atoms with Crippen molar-refractivity contribution in [3.8, 4) is 0 Å². The molecule has 3 atom stereocenters. The molecule has 0 bridgehead atoms. The Hall–Kier alpha value is -0.330. The van der Waals surface area contributed by atoms with Gasteiger partial charge in [0.05, 0.1) is 6.10 Å². The van der Waals surface area contributed by atoms with E-state index in [4.69, 9.17) is 4.74 Å². The molecule has 2 aliphatic rings. The molecule has 21 heavy (non-hydrogen) atoms. The molecule has 0 aromatic heterocycles. The summed E-state index contributed by atoms with van der Waals surface area (Å²) < 4.78 is 41.6. The van der Waals surface area contributed by atoms with Gasteiger partial charge in [-0.25, -0.2) is 0 Å². The third kappa shape index (κ3) is 6.12. The van der Waals surface area contributed by atoms with Gasteiger partial charge in [-0.05, 0) is 52.1 Å². The molecule has 124 valence electrons. The summed E-state index contributed by atoms with van der Waals surface area (Å²) in [4.78, 5) is 2.39. The van der Waals surface area contributed by atoms with Gasteiger partial charge in [0.25, 0.3) is 0 Å². The highest BCUT2D eigenvalue weighted by molar-refractivity contribution is 4.82. The lowest BCUT2D eigenvalue weighted by Crippen LogP contribution is -2.47. The van der Waals surface area contributed by atoms with Gasteiger partial charge in [0.1, 0.15) is 6.61 Å². The van der Waals surface area contributed by atoms with E-state index in [1.165, 1.54) is 19.3 Å². The molecule has 1 saturated carbocycles. The Labute approximate surface area is 125 Å². The summed E-state index contributed by atoms with van der Waals surface area (Å²) in [6.45, 7) is 0.969. The van der Waals surface area contributed by atoms with Crippen molar-refractivity contribution in [1.82, 2.24) is 10.2 Å². The fraction of sp³-hybridized carbons (Fsp3) is 1.00. The van der Waals surface area contributed by atoms with Crippen molar-refractivity contribution in [2.75, 3.05) is 26.7 Å². The van der Waals surface area contributed by atoms with Crippen LogP contribution in [0.15, 0.2) is 0 Å². The molecular weight excluding hydrogens is 281 g/mol. The van der Waals surface area contributed by atoms with Crippen molar-refractivity contribution in [2.45, 2.75) is 69.3 Å². The first-order chi connectivity index (χ1) is 9.94. The van der Waals surface area contributed by atoms with Gasteiger partial charge in [-0.15, -0.1) is 0 Å². The lowest BCUT2D eigenvalue weighted by atomic mass is 9.92. The minimum Gasteiger partial charge on any atom is -0.369 e. The Morgan fingerprint density at radius 2 is 1.95 bits per heavy atom. The molecule has 0 spiro atoms. The number of rotatable bonds is 5. The molecule has 0 aromatic carbocycles. The predicted molar refractivity (Wildman–Crippen MR) is 76.3 cm³/mol. The van der Waals surface area contributed by atoms with Crippen molar-refractivity contribution in [2.24, 2.45) is 0 Å². The van der Waals surface area contributed by atoms with Crippen LogP contribution in [-0.2, 0) is 4.74 Å². The normalized spacial score (nSPS) is 32.3. The predicted octanol–water partition coefficient (Wildman–Crippen LogP) is 2.95. The van der Waals surface area contributed by atoms with E-state index >= 15 is 0 Å². The van der Waals surface area contributed by atoms with Crippen LogP contribution in [0.4, 0.5) is 13.2 Å². The van der Waals surface area contributed by atoms with E-state index < -0.39 is 12.8 Å². The van der Waals surface area contributed by atoms with E-state index in [0.29, 0.717) is 18.5 Å². The van der Waals surface area contributed by atoms with E-state index in [9.17, 15) is 13.2 Å². The van der Waals surface area contributed by atoms with Crippen molar-refractivity contribution < 1.29 is 17.9 Å². The molecule has 1 aliphatic carbocycles. The van der Waals surface area contributed by atoms with Gasteiger partial charge in [-0.2, -0.15) is 13.2 Å². The van der Waals surface area contributed by atoms with E-state index in [1.54, 1.807) is 0 Å². The Bertz CT molecular complexity index is 312. The standard InChI is InChI=1S/C15H27F3N2O/c1-20-8-3-2-6-13(20)10-19-12-5-4-7-14(9-12)21-11-15(16,17)18/h12-14,19H,2-11H2,1H3. The highest BCUT2D eigenvalue weighted by Crippen LogP contribution is 2.24. The number of hydrogen-bond donors (Lipinski definition) is 1. The number of alkyl halides is 3. The van der Waals surface area contributed by atoms with Crippen LogP contribution in [0.25, 0.3) is 0 Å². The number of nitrogens with zero attached hydrogens (tertiary/aromatic N) is 1. The first-order valence-corrected chi connectivity index (χ1v) is 8.06. The third-order valence-corrected chi connectivity index (χ3v) is 4.67. The van der Waals surface area contributed by atoms with Crippen molar-refractivity contribution >= 4 is 0 Å². The Morgan fingerprint density at radius 1 is 1.14 bits per heavy atom. The molecule has 2 rings (SSSR count). The summed E-state index contributed by atoms with van der Waals surface area (Å²) in [5.41, 5.74) is 0. The van der Waals surface area contributed by atoms with Crippen LogP contribution in [0.1, 0.15) is 44.9 Å². The molecule has 1 heterocycles. The van der Waals surface area contributed by atoms with E-state index in [0.717, 1.165) is 32.4 Å².